The molecule has 1 rings (SSSR count). The molecule has 0 aliphatic rings. The Morgan fingerprint density at radius 3 is 2.64 bits per heavy atom. The van der Waals surface area contributed by atoms with Gasteiger partial charge in [-0.3, -0.25) is 4.79 Å². The molecule has 0 aliphatic heterocycles. The van der Waals surface area contributed by atoms with Crippen molar-refractivity contribution in [1.82, 2.24) is 4.98 Å². The van der Waals surface area contributed by atoms with Gasteiger partial charge in [-0.1, -0.05) is 25.4 Å². The van der Waals surface area contributed by atoms with E-state index in [-0.39, 0.29) is 16.5 Å². The van der Waals surface area contributed by atoms with E-state index in [2.05, 4.69) is 18.8 Å². The average molecular weight is 215 g/mol. The van der Waals surface area contributed by atoms with Crippen molar-refractivity contribution in [3.63, 3.8) is 0 Å². The molecule has 0 aliphatic carbocycles. The highest BCUT2D eigenvalue weighted by Gasteiger charge is 2.14. The number of nitrogens with one attached hydrogen (secondary N) is 1. The van der Waals surface area contributed by atoms with Crippen molar-refractivity contribution >= 4 is 11.6 Å². The summed E-state index contributed by atoms with van der Waals surface area (Å²) in [6, 6.07) is 1.69. The Morgan fingerprint density at radius 1 is 1.57 bits per heavy atom. The molecule has 1 aromatic heterocycles. The molecule has 1 heterocycles. The van der Waals surface area contributed by atoms with Crippen molar-refractivity contribution in [2.75, 3.05) is 6.54 Å². The summed E-state index contributed by atoms with van der Waals surface area (Å²) < 4.78 is 0. The largest absolute Gasteiger partial charge is 0.330 e. The number of hydrogen-bond donors (Lipinski definition) is 2. The van der Waals surface area contributed by atoms with Crippen LogP contribution in [0.5, 0.6) is 0 Å². The van der Waals surface area contributed by atoms with Crippen molar-refractivity contribution in [2.24, 2.45) is 11.7 Å². The topological polar surface area (TPSA) is 58.9 Å². The molecule has 1 atom stereocenters. The van der Waals surface area contributed by atoms with Crippen LogP contribution >= 0.6 is 11.6 Å². The zero-order valence-electron chi connectivity index (χ0n) is 8.38. The normalized spacial score (nSPS) is 13.2. The van der Waals surface area contributed by atoms with Gasteiger partial charge in [-0.15, -0.1) is 0 Å². The average Bonchev–Trinajstić information content (AvgIpc) is 2.11. The molecule has 0 aromatic carbocycles. The summed E-state index contributed by atoms with van der Waals surface area (Å²) in [6.07, 6.45) is 1.69. The summed E-state index contributed by atoms with van der Waals surface area (Å²) in [5.74, 6) is 0.673. The number of H-pyrrole nitrogens is 1. The van der Waals surface area contributed by atoms with Crippen LogP contribution in [0.25, 0.3) is 0 Å². The van der Waals surface area contributed by atoms with Gasteiger partial charge in [-0.25, -0.2) is 0 Å². The first-order valence-electron chi connectivity index (χ1n) is 4.64. The summed E-state index contributed by atoms with van der Waals surface area (Å²) in [6.45, 7) is 4.74. The molecule has 3 nitrogen and oxygen atoms in total. The zero-order valence-corrected chi connectivity index (χ0v) is 9.14. The lowest BCUT2D eigenvalue weighted by Crippen LogP contribution is -2.19. The third-order valence-corrected chi connectivity index (χ3v) is 2.65. The van der Waals surface area contributed by atoms with Gasteiger partial charge in [0.15, 0.2) is 0 Å². The van der Waals surface area contributed by atoms with E-state index in [1.807, 2.05) is 0 Å². The van der Waals surface area contributed by atoms with Crippen LogP contribution in [-0.4, -0.2) is 11.5 Å². The summed E-state index contributed by atoms with van der Waals surface area (Å²) >= 11 is 5.73. The fraction of sp³-hybridized carbons (Fsp3) is 0.500. The third-order valence-electron chi connectivity index (χ3n) is 2.37. The second-order valence-electron chi connectivity index (χ2n) is 3.70. The molecule has 0 bridgehead atoms. The Hall–Kier alpha value is -0.800. The molecular weight excluding hydrogens is 200 g/mol. The highest BCUT2D eigenvalue weighted by atomic mass is 35.5. The van der Waals surface area contributed by atoms with Gasteiger partial charge in [0.25, 0.3) is 5.56 Å². The van der Waals surface area contributed by atoms with Crippen LogP contribution in [-0.2, 0) is 0 Å². The van der Waals surface area contributed by atoms with Crippen molar-refractivity contribution in [3.8, 4) is 0 Å². The van der Waals surface area contributed by atoms with Crippen molar-refractivity contribution < 1.29 is 0 Å². The van der Waals surface area contributed by atoms with Gasteiger partial charge in [-0.05, 0) is 30.0 Å². The maximum absolute atomic E-state index is 11.0. The van der Waals surface area contributed by atoms with Crippen LogP contribution in [0, 0.1) is 5.92 Å². The Bertz CT molecular complexity index is 359. The van der Waals surface area contributed by atoms with Crippen molar-refractivity contribution in [1.29, 1.82) is 0 Å². The molecule has 0 spiro atoms. The van der Waals surface area contributed by atoms with Crippen LogP contribution in [0.1, 0.15) is 25.3 Å². The Kier molecular flexibility index (Phi) is 3.72. The summed E-state index contributed by atoms with van der Waals surface area (Å²) in [7, 11) is 0. The van der Waals surface area contributed by atoms with Gasteiger partial charge in [-0.2, -0.15) is 0 Å². The van der Waals surface area contributed by atoms with Crippen LogP contribution in [0.3, 0.4) is 0 Å². The monoisotopic (exact) mass is 214 g/mol. The Morgan fingerprint density at radius 2 is 2.21 bits per heavy atom. The molecule has 1 aromatic rings. The summed E-state index contributed by atoms with van der Waals surface area (Å²) in [5, 5.41) is 0.224. The molecule has 0 amide bonds. The van der Waals surface area contributed by atoms with E-state index in [0.717, 1.165) is 5.56 Å². The number of nitrogens with two attached hydrogens (primary N) is 1. The number of pyridine rings is 1. The van der Waals surface area contributed by atoms with Crippen molar-refractivity contribution in [2.45, 2.75) is 19.8 Å². The minimum atomic E-state index is -0.255. The van der Waals surface area contributed by atoms with Crippen LogP contribution in [0.15, 0.2) is 17.1 Å². The van der Waals surface area contributed by atoms with E-state index in [0.29, 0.717) is 12.5 Å². The maximum atomic E-state index is 11.0. The van der Waals surface area contributed by atoms with Crippen LogP contribution in [0.2, 0.25) is 5.02 Å². The molecule has 78 valence electrons. The zero-order chi connectivity index (χ0) is 10.7. The number of halogens is 1. The minimum Gasteiger partial charge on any atom is -0.330 e. The lowest BCUT2D eigenvalue weighted by molar-refractivity contribution is 0.505. The lowest BCUT2D eigenvalue weighted by atomic mass is 9.90. The Labute approximate surface area is 88.3 Å². The predicted octanol–water partition coefficient (Wildman–Crippen LogP) is 1.73. The molecule has 1 unspecified atom stereocenters. The van der Waals surface area contributed by atoms with Gasteiger partial charge < -0.3 is 10.7 Å². The van der Waals surface area contributed by atoms with Gasteiger partial charge in [0.05, 0.1) is 0 Å². The highest BCUT2D eigenvalue weighted by molar-refractivity contribution is 6.30. The summed E-state index contributed by atoms with van der Waals surface area (Å²) in [5.41, 5.74) is 6.40. The molecular formula is C10H15ClN2O. The van der Waals surface area contributed by atoms with E-state index in [4.69, 9.17) is 17.3 Å². The lowest BCUT2D eigenvalue weighted by Gasteiger charge is -2.18. The van der Waals surface area contributed by atoms with E-state index in [1.165, 1.54) is 0 Å². The molecule has 14 heavy (non-hydrogen) atoms. The Balaban J connectivity index is 3.06. The van der Waals surface area contributed by atoms with Gasteiger partial charge >= 0.3 is 0 Å². The standard InChI is InChI=1S/C10H15ClN2O/c1-6(2)8(4-12)7-3-9(11)10(14)13-5-7/h3,5-6,8H,4,12H2,1-2H3,(H,13,14). The van der Waals surface area contributed by atoms with Gasteiger partial charge in [0, 0.05) is 6.20 Å². The van der Waals surface area contributed by atoms with E-state index in [9.17, 15) is 4.79 Å². The van der Waals surface area contributed by atoms with Crippen LogP contribution in [0.4, 0.5) is 0 Å². The third kappa shape index (κ3) is 2.36. The number of aromatic amines is 1. The molecule has 0 radical (unpaired) electrons. The van der Waals surface area contributed by atoms with E-state index >= 15 is 0 Å². The van der Waals surface area contributed by atoms with E-state index < -0.39 is 0 Å². The number of aromatic nitrogens is 1. The minimum absolute atomic E-state index is 0.224. The fourth-order valence-corrected chi connectivity index (χ4v) is 1.66. The van der Waals surface area contributed by atoms with Crippen LogP contribution < -0.4 is 11.3 Å². The SMILES string of the molecule is CC(C)C(CN)c1c[nH]c(=O)c(Cl)c1. The molecule has 0 saturated carbocycles. The van der Waals surface area contributed by atoms with Gasteiger partial charge in [0.2, 0.25) is 0 Å². The van der Waals surface area contributed by atoms with E-state index in [1.54, 1.807) is 12.3 Å². The fourth-order valence-electron chi connectivity index (χ4n) is 1.48. The first-order chi connectivity index (χ1) is 6.56. The highest BCUT2D eigenvalue weighted by Crippen LogP contribution is 2.23. The summed E-state index contributed by atoms with van der Waals surface area (Å²) in [4.78, 5) is 13.6. The second kappa shape index (κ2) is 4.62. The first-order valence-corrected chi connectivity index (χ1v) is 5.02. The second-order valence-corrected chi connectivity index (χ2v) is 4.10. The number of rotatable bonds is 3. The molecule has 0 saturated heterocycles. The van der Waals surface area contributed by atoms with Gasteiger partial charge in [0.1, 0.15) is 5.02 Å². The van der Waals surface area contributed by atoms with Crippen molar-refractivity contribution in [3.05, 3.63) is 33.2 Å². The number of hydrogen-bond acceptors (Lipinski definition) is 2. The smallest absolute Gasteiger partial charge is 0.266 e. The molecule has 4 heteroatoms. The maximum Gasteiger partial charge on any atom is 0.266 e. The molecule has 3 N–H and O–H groups in total. The molecule has 0 fully saturated rings. The quantitative estimate of drug-likeness (QED) is 0.805. The predicted molar refractivity (Wildman–Crippen MR) is 58.7 cm³/mol. The first kappa shape index (κ1) is 11.3.